The summed E-state index contributed by atoms with van der Waals surface area (Å²) in [7, 11) is 1.65. The fourth-order valence-electron chi connectivity index (χ4n) is 2.40. The summed E-state index contributed by atoms with van der Waals surface area (Å²) in [6, 6.07) is 12.7. The van der Waals surface area contributed by atoms with Gasteiger partial charge in [0.25, 0.3) is 5.91 Å². The Morgan fingerprint density at radius 1 is 1.00 bits per heavy atom. The molecule has 2 aromatic rings. The van der Waals surface area contributed by atoms with Crippen LogP contribution in [-0.2, 0) is 4.79 Å². The number of nitrogens with zero attached hydrogens (tertiary/aromatic N) is 2. The Morgan fingerprint density at radius 2 is 1.68 bits per heavy atom. The van der Waals surface area contributed by atoms with Crippen molar-refractivity contribution in [2.45, 2.75) is 13.0 Å². The number of hydrogen-bond acceptors (Lipinski definition) is 2. The van der Waals surface area contributed by atoms with Gasteiger partial charge in [0, 0.05) is 12.4 Å². The van der Waals surface area contributed by atoms with E-state index in [1.807, 2.05) is 42.5 Å². The van der Waals surface area contributed by atoms with Gasteiger partial charge >= 0.3 is 6.03 Å². The number of rotatable bonds is 1. The summed E-state index contributed by atoms with van der Waals surface area (Å²) >= 11 is 0. The molecule has 1 aliphatic heterocycles. The number of benzene rings is 2. The summed E-state index contributed by atoms with van der Waals surface area (Å²) in [6.07, 6.45) is 0. The molecule has 1 fully saturated rings. The van der Waals surface area contributed by atoms with Crippen LogP contribution in [0.25, 0.3) is 10.8 Å². The van der Waals surface area contributed by atoms with Gasteiger partial charge in [-0.05, 0) is 18.4 Å². The molecule has 96 valence electrons. The zero-order valence-corrected chi connectivity index (χ0v) is 10.8. The highest BCUT2D eigenvalue weighted by Gasteiger charge is 2.41. The monoisotopic (exact) mass is 254 g/mol. The van der Waals surface area contributed by atoms with Gasteiger partial charge in [-0.1, -0.05) is 36.4 Å². The van der Waals surface area contributed by atoms with Crippen LogP contribution in [0.5, 0.6) is 0 Å². The minimum atomic E-state index is -0.411. The topological polar surface area (TPSA) is 40.6 Å². The standard InChI is InChI=1S/C15H14N2O2/c1-10-14(18)17(15(19)16(10)2)13-9-5-7-11-6-3-4-8-12(11)13/h3-10H,1-2H3. The first-order valence-corrected chi connectivity index (χ1v) is 6.20. The molecule has 1 aliphatic rings. The Bertz CT molecular complexity index is 655. The van der Waals surface area contributed by atoms with Crippen molar-refractivity contribution in [3.05, 3.63) is 42.5 Å². The first-order valence-electron chi connectivity index (χ1n) is 6.20. The number of anilines is 1. The molecule has 1 atom stereocenters. The average molecular weight is 254 g/mol. The van der Waals surface area contributed by atoms with Crippen molar-refractivity contribution in [3.63, 3.8) is 0 Å². The molecule has 2 aromatic carbocycles. The van der Waals surface area contributed by atoms with Crippen molar-refractivity contribution >= 4 is 28.4 Å². The highest BCUT2D eigenvalue weighted by atomic mass is 16.2. The van der Waals surface area contributed by atoms with Crippen LogP contribution < -0.4 is 4.90 Å². The number of amides is 3. The molecule has 1 unspecified atom stereocenters. The molecule has 4 nitrogen and oxygen atoms in total. The van der Waals surface area contributed by atoms with Crippen molar-refractivity contribution in [3.8, 4) is 0 Å². The third-order valence-electron chi connectivity index (χ3n) is 3.66. The van der Waals surface area contributed by atoms with Crippen molar-refractivity contribution in [1.29, 1.82) is 0 Å². The number of carbonyl (C=O) groups is 2. The van der Waals surface area contributed by atoms with Crippen LogP contribution in [0.1, 0.15) is 6.92 Å². The zero-order chi connectivity index (χ0) is 13.6. The van der Waals surface area contributed by atoms with E-state index in [4.69, 9.17) is 0 Å². The maximum Gasteiger partial charge on any atom is 0.331 e. The zero-order valence-electron chi connectivity index (χ0n) is 10.8. The summed E-state index contributed by atoms with van der Waals surface area (Å²) in [5.41, 5.74) is 0.657. The number of likely N-dealkylation sites (N-methyl/N-ethyl adjacent to an activating group) is 1. The molecular formula is C15H14N2O2. The normalized spacial score (nSPS) is 19.6. The first-order chi connectivity index (χ1) is 9.11. The molecule has 1 saturated heterocycles. The first kappa shape index (κ1) is 11.7. The molecule has 3 amide bonds. The maximum atomic E-state index is 12.2. The van der Waals surface area contributed by atoms with Crippen molar-refractivity contribution in [1.82, 2.24) is 4.90 Å². The van der Waals surface area contributed by atoms with E-state index in [1.165, 1.54) is 9.80 Å². The van der Waals surface area contributed by atoms with Crippen LogP contribution in [-0.4, -0.2) is 29.9 Å². The van der Waals surface area contributed by atoms with E-state index in [2.05, 4.69) is 0 Å². The highest BCUT2D eigenvalue weighted by Crippen LogP contribution is 2.31. The maximum absolute atomic E-state index is 12.2. The molecule has 0 bridgehead atoms. The molecule has 3 rings (SSSR count). The molecule has 0 spiro atoms. The van der Waals surface area contributed by atoms with E-state index in [0.717, 1.165) is 10.8 Å². The van der Waals surface area contributed by atoms with E-state index in [0.29, 0.717) is 5.69 Å². The van der Waals surface area contributed by atoms with E-state index >= 15 is 0 Å². The Hall–Kier alpha value is -2.36. The summed E-state index contributed by atoms with van der Waals surface area (Å²) in [4.78, 5) is 27.2. The van der Waals surface area contributed by atoms with Crippen LogP contribution in [0.4, 0.5) is 10.5 Å². The van der Waals surface area contributed by atoms with Gasteiger partial charge in [-0.2, -0.15) is 0 Å². The summed E-state index contributed by atoms with van der Waals surface area (Å²) in [5.74, 6) is -0.177. The molecule has 19 heavy (non-hydrogen) atoms. The summed E-state index contributed by atoms with van der Waals surface area (Å²) in [6.45, 7) is 1.74. The molecule has 0 N–H and O–H groups in total. The Labute approximate surface area is 111 Å². The molecule has 0 aliphatic carbocycles. The minimum Gasteiger partial charge on any atom is -0.315 e. The van der Waals surface area contributed by atoms with E-state index in [9.17, 15) is 9.59 Å². The molecule has 0 aromatic heterocycles. The molecule has 4 heteroatoms. The number of imide groups is 1. The van der Waals surface area contributed by atoms with Crippen LogP contribution >= 0.6 is 0 Å². The molecule has 0 saturated carbocycles. The van der Waals surface area contributed by atoms with Gasteiger partial charge in [0.2, 0.25) is 0 Å². The van der Waals surface area contributed by atoms with Crippen molar-refractivity contribution < 1.29 is 9.59 Å². The smallest absolute Gasteiger partial charge is 0.315 e. The van der Waals surface area contributed by atoms with Gasteiger partial charge in [-0.25, -0.2) is 9.69 Å². The third-order valence-corrected chi connectivity index (χ3v) is 3.66. The van der Waals surface area contributed by atoms with Gasteiger partial charge in [0.05, 0.1) is 5.69 Å². The number of urea groups is 1. The number of carbonyl (C=O) groups excluding carboxylic acids is 2. The lowest BCUT2D eigenvalue weighted by molar-refractivity contribution is -0.119. The summed E-state index contributed by atoms with van der Waals surface area (Å²) in [5, 5.41) is 1.93. The Balaban J connectivity index is 2.20. The van der Waals surface area contributed by atoms with Gasteiger partial charge < -0.3 is 4.90 Å². The lowest BCUT2D eigenvalue weighted by atomic mass is 10.1. The third kappa shape index (κ3) is 1.60. The number of fused-ring (bicyclic) bond motifs is 1. The lowest BCUT2D eigenvalue weighted by Gasteiger charge is -2.16. The van der Waals surface area contributed by atoms with Gasteiger partial charge in [-0.3, -0.25) is 4.79 Å². The Kier molecular flexibility index (Phi) is 2.52. The fourth-order valence-corrected chi connectivity index (χ4v) is 2.40. The van der Waals surface area contributed by atoms with Crippen LogP contribution in [0.3, 0.4) is 0 Å². The van der Waals surface area contributed by atoms with Gasteiger partial charge in [-0.15, -0.1) is 0 Å². The Morgan fingerprint density at radius 3 is 2.37 bits per heavy atom. The van der Waals surface area contributed by atoms with Gasteiger partial charge in [0.1, 0.15) is 6.04 Å². The molecular weight excluding hydrogens is 240 g/mol. The van der Waals surface area contributed by atoms with E-state index in [-0.39, 0.29) is 11.9 Å². The van der Waals surface area contributed by atoms with Crippen LogP contribution in [0.2, 0.25) is 0 Å². The van der Waals surface area contributed by atoms with Crippen molar-refractivity contribution in [2.75, 3.05) is 11.9 Å². The largest absolute Gasteiger partial charge is 0.331 e. The SMILES string of the molecule is CC1C(=O)N(c2cccc3ccccc23)C(=O)N1C. The minimum absolute atomic E-state index is 0.177. The second-order valence-electron chi connectivity index (χ2n) is 4.74. The predicted octanol–water partition coefficient (Wildman–Crippen LogP) is 2.63. The van der Waals surface area contributed by atoms with Crippen LogP contribution in [0.15, 0.2) is 42.5 Å². The van der Waals surface area contributed by atoms with E-state index in [1.54, 1.807) is 14.0 Å². The fraction of sp³-hybridized carbons (Fsp3) is 0.200. The molecule has 0 radical (unpaired) electrons. The van der Waals surface area contributed by atoms with Gasteiger partial charge in [0.15, 0.2) is 0 Å². The second-order valence-corrected chi connectivity index (χ2v) is 4.74. The van der Waals surface area contributed by atoms with E-state index < -0.39 is 6.04 Å². The highest BCUT2D eigenvalue weighted by molar-refractivity contribution is 6.24. The summed E-state index contributed by atoms with van der Waals surface area (Å²) < 4.78 is 0. The van der Waals surface area contributed by atoms with Crippen molar-refractivity contribution in [2.24, 2.45) is 0 Å². The number of hydrogen-bond donors (Lipinski definition) is 0. The molecule has 1 heterocycles. The predicted molar refractivity (Wildman–Crippen MR) is 74.1 cm³/mol. The second kappa shape index (κ2) is 4.09. The average Bonchev–Trinajstić information content (AvgIpc) is 2.63. The quantitative estimate of drug-likeness (QED) is 0.734. The van der Waals surface area contributed by atoms with Crippen LogP contribution in [0, 0.1) is 0 Å². The lowest BCUT2D eigenvalue weighted by Crippen LogP contribution is -2.31.